The number of fused-ring (bicyclic) bond motifs is 1. The van der Waals surface area contributed by atoms with E-state index in [4.69, 9.17) is 0 Å². The second-order valence-electron chi connectivity index (χ2n) is 4.34. The highest BCUT2D eigenvalue weighted by Gasteiger charge is 2.06. The van der Waals surface area contributed by atoms with Crippen LogP contribution in [0.25, 0.3) is 20.8 Å². The average molecular weight is 267 g/mol. The fraction of sp³-hybridized carbons (Fsp3) is 0.133. The lowest BCUT2D eigenvalue weighted by molar-refractivity contribution is 1.17. The van der Waals surface area contributed by atoms with Crippen molar-refractivity contribution in [2.24, 2.45) is 10.2 Å². The number of aromatic nitrogens is 1. The van der Waals surface area contributed by atoms with Crippen LogP contribution < -0.4 is 0 Å². The van der Waals surface area contributed by atoms with E-state index >= 15 is 0 Å². The van der Waals surface area contributed by atoms with E-state index in [1.165, 1.54) is 10.3 Å². The second-order valence-corrected chi connectivity index (χ2v) is 5.37. The molecule has 0 bridgehead atoms. The number of hydrogen-bond acceptors (Lipinski definition) is 4. The first-order valence-electron chi connectivity index (χ1n) is 6.04. The summed E-state index contributed by atoms with van der Waals surface area (Å²) in [7, 11) is 1.67. The smallest absolute Gasteiger partial charge is 0.124 e. The maximum Gasteiger partial charge on any atom is 0.124 e. The molecule has 2 aromatic carbocycles. The fourth-order valence-corrected chi connectivity index (χ4v) is 3.01. The highest BCUT2D eigenvalue weighted by atomic mass is 32.1. The van der Waals surface area contributed by atoms with Crippen LogP contribution in [0.4, 0.5) is 5.69 Å². The van der Waals surface area contributed by atoms with Gasteiger partial charge in [-0.15, -0.1) is 11.3 Å². The molecule has 3 aromatic rings. The van der Waals surface area contributed by atoms with Crippen molar-refractivity contribution in [2.75, 3.05) is 7.05 Å². The minimum atomic E-state index is 0.864. The highest BCUT2D eigenvalue weighted by molar-refractivity contribution is 7.21. The predicted octanol–water partition coefficient (Wildman–Crippen LogP) is 4.99. The normalized spacial score (nSPS) is 11.5. The lowest BCUT2D eigenvalue weighted by atomic mass is 10.2. The fourth-order valence-electron chi connectivity index (χ4n) is 1.94. The van der Waals surface area contributed by atoms with Gasteiger partial charge in [0.05, 0.1) is 15.9 Å². The monoisotopic (exact) mass is 267 g/mol. The molecule has 0 radical (unpaired) electrons. The molecule has 0 saturated heterocycles. The summed E-state index contributed by atoms with van der Waals surface area (Å²) in [6, 6.07) is 14.3. The van der Waals surface area contributed by atoms with Crippen LogP contribution in [-0.4, -0.2) is 12.0 Å². The van der Waals surface area contributed by atoms with Gasteiger partial charge in [-0.1, -0.05) is 6.07 Å². The first-order chi connectivity index (χ1) is 9.26. The maximum atomic E-state index is 4.66. The Kier molecular flexibility index (Phi) is 3.09. The minimum absolute atomic E-state index is 0.864. The van der Waals surface area contributed by atoms with E-state index in [-0.39, 0.29) is 0 Å². The summed E-state index contributed by atoms with van der Waals surface area (Å²) in [4.78, 5) is 4.66. The molecule has 0 amide bonds. The van der Waals surface area contributed by atoms with Crippen molar-refractivity contribution in [3.8, 4) is 10.6 Å². The third-order valence-corrected chi connectivity index (χ3v) is 3.94. The van der Waals surface area contributed by atoms with E-state index in [0.29, 0.717) is 0 Å². The van der Waals surface area contributed by atoms with E-state index in [1.54, 1.807) is 18.4 Å². The van der Waals surface area contributed by atoms with E-state index in [2.05, 4.69) is 40.3 Å². The van der Waals surface area contributed by atoms with Gasteiger partial charge in [0.25, 0.3) is 0 Å². The van der Waals surface area contributed by atoms with E-state index in [0.717, 1.165) is 21.8 Å². The lowest BCUT2D eigenvalue weighted by Crippen LogP contribution is -1.75. The molecule has 0 saturated carbocycles. The molecule has 3 rings (SSSR count). The Bertz CT molecular complexity index is 742. The molecular formula is C15H13N3S. The standard InChI is InChI=1S/C15H13N3S/c1-10-3-8-13-14(9-10)19-15(17-13)11-4-6-12(7-5-11)18-16-2/h3-9H,1-2H3. The predicted molar refractivity (Wildman–Crippen MR) is 80.2 cm³/mol. The van der Waals surface area contributed by atoms with E-state index in [9.17, 15) is 0 Å². The zero-order valence-electron chi connectivity index (χ0n) is 10.8. The van der Waals surface area contributed by atoms with Crippen LogP contribution in [0.3, 0.4) is 0 Å². The number of hydrogen-bond donors (Lipinski definition) is 0. The van der Waals surface area contributed by atoms with Crippen molar-refractivity contribution < 1.29 is 0 Å². The van der Waals surface area contributed by atoms with Crippen molar-refractivity contribution in [3.05, 3.63) is 48.0 Å². The van der Waals surface area contributed by atoms with Crippen LogP contribution in [-0.2, 0) is 0 Å². The van der Waals surface area contributed by atoms with Crippen LogP contribution in [0.5, 0.6) is 0 Å². The van der Waals surface area contributed by atoms with Crippen molar-refractivity contribution in [3.63, 3.8) is 0 Å². The van der Waals surface area contributed by atoms with Crippen molar-refractivity contribution in [2.45, 2.75) is 6.92 Å². The lowest BCUT2D eigenvalue weighted by Gasteiger charge is -1.95. The third-order valence-electron chi connectivity index (χ3n) is 2.87. The molecule has 94 valence electrons. The van der Waals surface area contributed by atoms with Gasteiger partial charge in [0.1, 0.15) is 5.01 Å². The van der Waals surface area contributed by atoms with Crippen LogP contribution in [0, 0.1) is 6.92 Å². The first-order valence-corrected chi connectivity index (χ1v) is 6.85. The van der Waals surface area contributed by atoms with Gasteiger partial charge in [-0.25, -0.2) is 4.98 Å². The van der Waals surface area contributed by atoms with Crippen LogP contribution in [0.2, 0.25) is 0 Å². The zero-order valence-corrected chi connectivity index (χ0v) is 11.6. The molecule has 3 nitrogen and oxygen atoms in total. The Hall–Kier alpha value is -2.07. The Morgan fingerprint density at radius 3 is 2.58 bits per heavy atom. The molecule has 0 unspecified atom stereocenters. The summed E-state index contributed by atoms with van der Waals surface area (Å²) < 4.78 is 1.23. The molecule has 4 heteroatoms. The maximum absolute atomic E-state index is 4.66. The minimum Gasteiger partial charge on any atom is -0.236 e. The molecule has 0 aliphatic rings. The molecule has 19 heavy (non-hydrogen) atoms. The Balaban J connectivity index is 2.03. The van der Waals surface area contributed by atoms with Crippen LogP contribution in [0.15, 0.2) is 52.7 Å². The molecule has 0 atom stereocenters. The van der Waals surface area contributed by atoms with E-state index in [1.807, 2.05) is 24.3 Å². The van der Waals surface area contributed by atoms with E-state index < -0.39 is 0 Å². The molecule has 0 aliphatic carbocycles. The van der Waals surface area contributed by atoms with Gasteiger partial charge in [0.15, 0.2) is 0 Å². The van der Waals surface area contributed by atoms with Gasteiger partial charge >= 0.3 is 0 Å². The number of benzene rings is 2. The zero-order chi connectivity index (χ0) is 13.2. The van der Waals surface area contributed by atoms with Crippen molar-refractivity contribution >= 4 is 27.2 Å². The number of thiazole rings is 1. The molecule has 0 fully saturated rings. The van der Waals surface area contributed by atoms with Gasteiger partial charge in [0.2, 0.25) is 0 Å². The third kappa shape index (κ3) is 2.39. The van der Waals surface area contributed by atoms with Crippen molar-refractivity contribution in [1.29, 1.82) is 0 Å². The van der Waals surface area contributed by atoms with Crippen LogP contribution >= 0.6 is 11.3 Å². The SMILES string of the molecule is CN=Nc1ccc(-c2nc3ccc(C)cc3s2)cc1. The number of nitrogens with zero attached hydrogens (tertiary/aromatic N) is 3. The summed E-state index contributed by atoms with van der Waals surface area (Å²) in [6.07, 6.45) is 0. The summed E-state index contributed by atoms with van der Waals surface area (Å²) >= 11 is 1.72. The highest BCUT2D eigenvalue weighted by Crippen LogP contribution is 2.31. The Morgan fingerprint density at radius 2 is 1.84 bits per heavy atom. The van der Waals surface area contributed by atoms with Gasteiger partial charge in [-0.05, 0) is 48.9 Å². The molecule has 1 heterocycles. The van der Waals surface area contributed by atoms with Gasteiger partial charge < -0.3 is 0 Å². The van der Waals surface area contributed by atoms with Gasteiger partial charge in [-0.3, -0.25) is 0 Å². The quantitative estimate of drug-likeness (QED) is 0.603. The summed E-state index contributed by atoms with van der Waals surface area (Å²) in [5.74, 6) is 0. The number of azo groups is 1. The second kappa shape index (κ2) is 4.90. The molecule has 0 aliphatic heterocycles. The first kappa shape index (κ1) is 12.0. The summed E-state index contributed by atoms with van der Waals surface area (Å²) in [5.41, 5.74) is 4.31. The molecule has 1 aromatic heterocycles. The average Bonchev–Trinajstić information content (AvgIpc) is 2.83. The summed E-state index contributed by atoms with van der Waals surface area (Å²) in [5, 5.41) is 8.81. The largest absolute Gasteiger partial charge is 0.236 e. The van der Waals surface area contributed by atoms with Gasteiger partial charge in [-0.2, -0.15) is 10.2 Å². The Labute approximate surface area is 115 Å². The number of aryl methyl sites for hydroxylation is 1. The Morgan fingerprint density at radius 1 is 1.05 bits per heavy atom. The topological polar surface area (TPSA) is 37.6 Å². The molecular weight excluding hydrogens is 254 g/mol. The summed E-state index contributed by atoms with van der Waals surface area (Å²) in [6.45, 7) is 2.10. The van der Waals surface area contributed by atoms with Gasteiger partial charge in [0, 0.05) is 12.6 Å². The molecule has 0 spiro atoms. The van der Waals surface area contributed by atoms with Crippen LogP contribution in [0.1, 0.15) is 5.56 Å². The van der Waals surface area contributed by atoms with Crippen molar-refractivity contribution in [1.82, 2.24) is 4.98 Å². The number of rotatable bonds is 2. The molecule has 0 N–H and O–H groups in total.